The van der Waals surface area contributed by atoms with E-state index in [1.54, 1.807) is 18.2 Å². The van der Waals surface area contributed by atoms with E-state index in [1.165, 1.54) is 6.07 Å². The van der Waals surface area contributed by atoms with Crippen LogP contribution in [0.25, 0.3) is 11.6 Å². The Balaban J connectivity index is 1.96. The van der Waals surface area contributed by atoms with Crippen LogP contribution in [-0.2, 0) is 0 Å². The third kappa shape index (κ3) is 2.54. The van der Waals surface area contributed by atoms with Crippen LogP contribution in [0.5, 0.6) is 11.5 Å². The van der Waals surface area contributed by atoms with E-state index in [1.807, 2.05) is 48.5 Å². The number of nitriles is 1. The average molecular weight is 325 g/mol. The highest BCUT2D eigenvalue weighted by Gasteiger charge is 2.30. The molecular formula is C22H15NO2. The maximum atomic E-state index is 10.1. The number of hydrogen-bond acceptors (Lipinski definition) is 3. The number of phenols is 2. The first-order valence-corrected chi connectivity index (χ1v) is 8.00. The van der Waals surface area contributed by atoms with Crippen molar-refractivity contribution in [2.24, 2.45) is 0 Å². The Morgan fingerprint density at radius 1 is 0.840 bits per heavy atom. The van der Waals surface area contributed by atoms with Gasteiger partial charge in [-0.3, -0.25) is 0 Å². The smallest absolute Gasteiger partial charge is 0.117 e. The average Bonchev–Trinajstić information content (AvgIpc) is 3.01. The molecule has 3 nitrogen and oxygen atoms in total. The van der Waals surface area contributed by atoms with Crippen molar-refractivity contribution in [1.82, 2.24) is 0 Å². The van der Waals surface area contributed by atoms with E-state index in [0.717, 1.165) is 27.8 Å². The zero-order chi connectivity index (χ0) is 17.4. The summed E-state index contributed by atoms with van der Waals surface area (Å²) in [5.74, 6) is 0.239. The third-order valence-electron chi connectivity index (χ3n) is 4.57. The van der Waals surface area contributed by atoms with E-state index >= 15 is 0 Å². The van der Waals surface area contributed by atoms with Crippen molar-refractivity contribution in [3.05, 3.63) is 94.5 Å². The second-order valence-corrected chi connectivity index (χ2v) is 6.10. The maximum absolute atomic E-state index is 10.1. The van der Waals surface area contributed by atoms with Gasteiger partial charge in [0.2, 0.25) is 0 Å². The van der Waals surface area contributed by atoms with Crippen molar-refractivity contribution in [2.75, 3.05) is 0 Å². The second-order valence-electron chi connectivity index (χ2n) is 6.10. The van der Waals surface area contributed by atoms with Crippen molar-refractivity contribution >= 4 is 11.6 Å². The first-order chi connectivity index (χ1) is 12.2. The highest BCUT2D eigenvalue weighted by Crippen LogP contribution is 2.48. The number of fused-ring (bicyclic) bond motifs is 1. The lowest BCUT2D eigenvalue weighted by Crippen LogP contribution is -2.01. The molecule has 0 heterocycles. The van der Waals surface area contributed by atoms with Gasteiger partial charge in [-0.15, -0.1) is 0 Å². The Kier molecular flexibility index (Phi) is 3.52. The van der Waals surface area contributed by atoms with E-state index in [2.05, 4.69) is 6.07 Å². The Labute approximate surface area is 145 Å². The van der Waals surface area contributed by atoms with Gasteiger partial charge >= 0.3 is 0 Å². The quantitative estimate of drug-likeness (QED) is 0.720. The minimum atomic E-state index is -0.0695. The van der Waals surface area contributed by atoms with Crippen LogP contribution in [0.2, 0.25) is 0 Å². The summed E-state index contributed by atoms with van der Waals surface area (Å²) < 4.78 is 0. The molecule has 0 aromatic heterocycles. The van der Waals surface area contributed by atoms with E-state index in [-0.39, 0.29) is 17.4 Å². The number of rotatable bonds is 2. The highest BCUT2D eigenvalue weighted by molar-refractivity contribution is 5.95. The normalized spacial score (nSPS) is 15.3. The first kappa shape index (κ1) is 15.0. The monoisotopic (exact) mass is 325 g/mol. The molecular weight excluding hydrogens is 310 g/mol. The van der Waals surface area contributed by atoms with Crippen LogP contribution in [0.1, 0.15) is 33.7 Å². The molecule has 4 rings (SSSR count). The molecule has 3 aromatic rings. The predicted molar refractivity (Wildman–Crippen MR) is 97.1 cm³/mol. The Morgan fingerprint density at radius 3 is 2.24 bits per heavy atom. The summed E-state index contributed by atoms with van der Waals surface area (Å²) in [6, 6.07) is 22.5. The maximum Gasteiger partial charge on any atom is 0.117 e. The fourth-order valence-corrected chi connectivity index (χ4v) is 3.47. The molecule has 0 saturated heterocycles. The Morgan fingerprint density at radius 2 is 1.56 bits per heavy atom. The van der Waals surface area contributed by atoms with Crippen LogP contribution in [0.3, 0.4) is 0 Å². The first-order valence-electron chi connectivity index (χ1n) is 8.00. The van der Waals surface area contributed by atoms with Gasteiger partial charge in [-0.2, -0.15) is 5.26 Å². The Bertz CT molecular complexity index is 1010. The SMILES string of the molecule is N#Cc1cc(O)cc2c1C=C(c1ccc(O)cc1)C2c1ccccc1. The molecule has 1 aliphatic carbocycles. The summed E-state index contributed by atoms with van der Waals surface area (Å²) in [5, 5.41) is 29.1. The van der Waals surface area contributed by atoms with Gasteiger partial charge < -0.3 is 10.2 Å². The van der Waals surface area contributed by atoms with Crippen molar-refractivity contribution in [1.29, 1.82) is 5.26 Å². The lowest BCUT2D eigenvalue weighted by atomic mass is 9.85. The van der Waals surface area contributed by atoms with Gasteiger partial charge in [-0.25, -0.2) is 0 Å². The predicted octanol–water partition coefficient (Wildman–Crippen LogP) is 4.66. The van der Waals surface area contributed by atoms with Crippen LogP contribution in [0.4, 0.5) is 0 Å². The zero-order valence-corrected chi connectivity index (χ0v) is 13.3. The van der Waals surface area contributed by atoms with Crippen molar-refractivity contribution < 1.29 is 10.2 Å². The fraction of sp³-hybridized carbons (Fsp3) is 0.0455. The molecule has 0 bridgehead atoms. The second kappa shape index (κ2) is 5.85. The molecule has 1 aliphatic rings. The third-order valence-corrected chi connectivity index (χ3v) is 4.57. The molecule has 120 valence electrons. The summed E-state index contributed by atoms with van der Waals surface area (Å²) in [4.78, 5) is 0. The highest BCUT2D eigenvalue weighted by atomic mass is 16.3. The summed E-state index contributed by atoms with van der Waals surface area (Å²) in [6.45, 7) is 0. The van der Waals surface area contributed by atoms with Crippen molar-refractivity contribution in [2.45, 2.75) is 5.92 Å². The molecule has 0 saturated carbocycles. The van der Waals surface area contributed by atoms with Crippen LogP contribution in [0, 0.1) is 11.3 Å². The lowest BCUT2D eigenvalue weighted by molar-refractivity contribution is 0.474. The molecule has 0 fully saturated rings. The molecule has 3 heteroatoms. The van der Waals surface area contributed by atoms with Gasteiger partial charge in [0.05, 0.1) is 11.6 Å². The molecule has 2 N–H and O–H groups in total. The molecule has 25 heavy (non-hydrogen) atoms. The zero-order valence-electron chi connectivity index (χ0n) is 13.3. The van der Waals surface area contributed by atoms with E-state index < -0.39 is 0 Å². The fourth-order valence-electron chi connectivity index (χ4n) is 3.47. The van der Waals surface area contributed by atoms with E-state index in [0.29, 0.717) is 5.56 Å². The summed E-state index contributed by atoms with van der Waals surface area (Å²) in [7, 11) is 0. The number of aromatic hydroxyl groups is 2. The van der Waals surface area contributed by atoms with E-state index in [4.69, 9.17) is 0 Å². The standard InChI is InChI=1S/C22H15NO2/c23-13-16-10-18(25)11-21-19(16)12-20(14-6-8-17(24)9-7-14)22(21)15-4-2-1-3-5-15/h1-12,22,24-25H. The number of nitrogens with zero attached hydrogens (tertiary/aromatic N) is 1. The van der Waals surface area contributed by atoms with Crippen LogP contribution >= 0.6 is 0 Å². The molecule has 0 aliphatic heterocycles. The minimum Gasteiger partial charge on any atom is -0.508 e. The summed E-state index contributed by atoms with van der Waals surface area (Å²) >= 11 is 0. The summed E-state index contributed by atoms with van der Waals surface area (Å²) in [5.41, 5.74) is 5.34. The van der Waals surface area contributed by atoms with Gasteiger partial charge in [0.15, 0.2) is 0 Å². The van der Waals surface area contributed by atoms with Gasteiger partial charge in [-0.1, -0.05) is 42.5 Å². The number of hydrogen-bond donors (Lipinski definition) is 2. The molecule has 1 unspecified atom stereocenters. The van der Waals surface area contributed by atoms with Gasteiger partial charge in [0, 0.05) is 5.92 Å². The largest absolute Gasteiger partial charge is 0.508 e. The van der Waals surface area contributed by atoms with Crippen LogP contribution in [0.15, 0.2) is 66.7 Å². The van der Waals surface area contributed by atoms with Gasteiger partial charge in [0.1, 0.15) is 11.5 Å². The minimum absolute atomic E-state index is 0.0695. The van der Waals surface area contributed by atoms with Crippen molar-refractivity contribution in [3.63, 3.8) is 0 Å². The molecule has 0 amide bonds. The van der Waals surface area contributed by atoms with Crippen molar-refractivity contribution in [3.8, 4) is 17.6 Å². The summed E-state index contributed by atoms with van der Waals surface area (Å²) in [6.07, 6.45) is 2.01. The lowest BCUT2D eigenvalue weighted by Gasteiger charge is -2.18. The van der Waals surface area contributed by atoms with E-state index in [9.17, 15) is 15.5 Å². The van der Waals surface area contributed by atoms with Crippen LogP contribution < -0.4 is 0 Å². The van der Waals surface area contributed by atoms with Gasteiger partial charge in [0.25, 0.3) is 0 Å². The number of allylic oxidation sites excluding steroid dienone is 1. The number of phenolic OH excluding ortho intramolecular Hbond substituents is 2. The molecule has 1 atom stereocenters. The topological polar surface area (TPSA) is 64.2 Å². The molecule has 3 aromatic carbocycles. The van der Waals surface area contributed by atoms with Crippen LogP contribution in [-0.4, -0.2) is 10.2 Å². The molecule has 0 radical (unpaired) electrons. The molecule has 0 spiro atoms. The Hall–Kier alpha value is -3.51. The number of benzene rings is 3. The van der Waals surface area contributed by atoms with Gasteiger partial charge in [-0.05, 0) is 58.2 Å².